The van der Waals surface area contributed by atoms with Crippen LogP contribution in [0.15, 0.2) is 59.7 Å². The van der Waals surface area contributed by atoms with Gasteiger partial charge in [-0.05, 0) is 54.3 Å². The largest absolute Gasteiger partial charge is 0.390 e. The van der Waals surface area contributed by atoms with Gasteiger partial charge in [-0.2, -0.15) is 0 Å². The topological polar surface area (TPSA) is 216 Å². The van der Waals surface area contributed by atoms with E-state index in [4.69, 9.17) is 11.3 Å². The quantitative estimate of drug-likeness (QED) is 0.0987. The molecule has 13 nitrogen and oxygen atoms in total. The SMILES string of the molecule is CC(C)C[C@H](NC(=O)C(Cc1ccccc1)N=[N+]=[N-])C(=O)N[C@@H](C)C(=O)N[C@@H](Cc1ccc(CN)cc1)[C@@H](O)CS(C)(=O)=O. The molecule has 0 spiro atoms. The number of nitrogens with one attached hydrogen (secondary N) is 3. The van der Waals surface area contributed by atoms with E-state index in [9.17, 15) is 27.9 Å². The number of rotatable bonds is 17. The molecule has 0 heterocycles. The molecule has 0 fully saturated rings. The second-order valence-electron chi connectivity index (χ2n) is 11.3. The minimum Gasteiger partial charge on any atom is -0.390 e. The lowest BCUT2D eigenvalue weighted by atomic mass is 10.00. The molecule has 44 heavy (non-hydrogen) atoms. The van der Waals surface area contributed by atoms with Crippen LogP contribution < -0.4 is 21.7 Å². The third kappa shape index (κ3) is 12.7. The maximum atomic E-state index is 13.3. The summed E-state index contributed by atoms with van der Waals surface area (Å²) in [6, 6.07) is 12.0. The van der Waals surface area contributed by atoms with Gasteiger partial charge in [0.25, 0.3) is 0 Å². The third-order valence-corrected chi connectivity index (χ3v) is 7.78. The minimum atomic E-state index is -3.57. The Morgan fingerprint density at radius 2 is 1.48 bits per heavy atom. The smallest absolute Gasteiger partial charge is 0.243 e. The normalized spacial score (nSPS) is 14.8. The summed E-state index contributed by atoms with van der Waals surface area (Å²) in [6.07, 6.45) is 0.0826. The number of benzene rings is 2. The maximum Gasteiger partial charge on any atom is 0.243 e. The third-order valence-electron chi connectivity index (χ3n) is 6.84. The molecule has 0 saturated carbocycles. The van der Waals surface area contributed by atoms with Crippen LogP contribution in [0.25, 0.3) is 10.4 Å². The first kappa shape index (κ1) is 36.2. The molecule has 6 N–H and O–H groups in total. The van der Waals surface area contributed by atoms with Crippen molar-refractivity contribution in [3.05, 3.63) is 81.7 Å². The zero-order valence-corrected chi connectivity index (χ0v) is 26.3. The molecule has 0 aliphatic carbocycles. The Morgan fingerprint density at radius 3 is 2.02 bits per heavy atom. The van der Waals surface area contributed by atoms with Crippen LogP contribution in [0.5, 0.6) is 0 Å². The zero-order valence-electron chi connectivity index (χ0n) is 25.5. The number of nitrogens with two attached hydrogens (primary N) is 1. The number of aliphatic hydroxyl groups excluding tert-OH is 1. The summed E-state index contributed by atoms with van der Waals surface area (Å²) in [5, 5.41) is 22.3. The standard InChI is InChI=1S/C30H43N7O6S/c1-19(2)14-25(35-30(41)26(36-37-32)16-21-8-6-5-7-9-21)29(40)33-20(3)28(39)34-24(27(38)18-44(4,42)43)15-22-10-12-23(17-31)13-11-22/h5-13,19-20,24-27,38H,14-18,31H2,1-4H3,(H,33,40)(H,34,39)(H,35,41)/t20-,24-,25-,26?,27-/m0/s1. The first-order chi connectivity index (χ1) is 20.7. The summed E-state index contributed by atoms with van der Waals surface area (Å²) in [5.41, 5.74) is 17.1. The van der Waals surface area contributed by atoms with Crippen LogP contribution >= 0.6 is 0 Å². The summed E-state index contributed by atoms with van der Waals surface area (Å²) in [6.45, 7) is 5.51. The van der Waals surface area contributed by atoms with E-state index in [2.05, 4.69) is 26.0 Å². The van der Waals surface area contributed by atoms with Crippen LogP contribution in [0.3, 0.4) is 0 Å². The zero-order chi connectivity index (χ0) is 32.9. The number of sulfone groups is 1. The molecule has 5 atom stereocenters. The van der Waals surface area contributed by atoms with Crippen LogP contribution in [-0.2, 0) is 43.6 Å². The number of carbonyl (C=O) groups is 3. The lowest BCUT2D eigenvalue weighted by Crippen LogP contribution is -2.57. The summed E-state index contributed by atoms with van der Waals surface area (Å²) < 4.78 is 23.8. The van der Waals surface area contributed by atoms with Crippen molar-refractivity contribution >= 4 is 27.6 Å². The molecule has 2 aromatic carbocycles. The predicted octanol–water partition coefficient (Wildman–Crippen LogP) is 1.54. The molecule has 0 bridgehead atoms. The molecule has 240 valence electrons. The van der Waals surface area contributed by atoms with E-state index in [0.717, 1.165) is 22.9 Å². The summed E-state index contributed by atoms with van der Waals surface area (Å²) in [7, 11) is -3.57. The highest BCUT2D eigenvalue weighted by molar-refractivity contribution is 7.90. The molecular formula is C30H43N7O6S. The fourth-order valence-corrected chi connectivity index (χ4v) is 5.37. The van der Waals surface area contributed by atoms with E-state index in [-0.39, 0.29) is 25.2 Å². The van der Waals surface area contributed by atoms with E-state index in [1.807, 2.05) is 19.9 Å². The Bertz CT molecular complexity index is 1400. The molecule has 2 aromatic rings. The molecule has 0 aromatic heterocycles. The lowest BCUT2D eigenvalue weighted by molar-refractivity contribution is -0.132. The van der Waals surface area contributed by atoms with Crippen LogP contribution in [0.4, 0.5) is 0 Å². The van der Waals surface area contributed by atoms with Gasteiger partial charge in [-0.15, -0.1) is 0 Å². The number of aliphatic hydroxyl groups is 1. The van der Waals surface area contributed by atoms with E-state index in [1.54, 1.807) is 48.5 Å². The van der Waals surface area contributed by atoms with Gasteiger partial charge in [0.2, 0.25) is 17.7 Å². The fraction of sp³-hybridized carbons (Fsp3) is 0.500. The highest BCUT2D eigenvalue weighted by Gasteiger charge is 2.30. The van der Waals surface area contributed by atoms with Crippen molar-refractivity contribution in [2.75, 3.05) is 12.0 Å². The Balaban J connectivity index is 2.15. The molecule has 1 unspecified atom stereocenters. The van der Waals surface area contributed by atoms with Crippen molar-refractivity contribution in [2.24, 2.45) is 16.8 Å². The average Bonchev–Trinajstić information content (AvgIpc) is 2.95. The number of hydrogen-bond donors (Lipinski definition) is 5. The molecule has 2 rings (SSSR count). The van der Waals surface area contributed by atoms with Crippen molar-refractivity contribution < 1.29 is 27.9 Å². The van der Waals surface area contributed by atoms with E-state index >= 15 is 0 Å². The van der Waals surface area contributed by atoms with Gasteiger partial charge >= 0.3 is 0 Å². The molecule has 0 aliphatic heterocycles. The Morgan fingerprint density at radius 1 is 0.886 bits per heavy atom. The van der Waals surface area contributed by atoms with Gasteiger partial charge in [0.15, 0.2) is 0 Å². The molecule has 3 amide bonds. The molecule has 0 saturated heterocycles. The van der Waals surface area contributed by atoms with E-state index < -0.39 is 63.6 Å². The number of azide groups is 1. The van der Waals surface area contributed by atoms with Gasteiger partial charge in [0.1, 0.15) is 28.0 Å². The number of carbonyl (C=O) groups excluding carboxylic acids is 3. The van der Waals surface area contributed by atoms with Gasteiger partial charge in [-0.1, -0.05) is 73.6 Å². The van der Waals surface area contributed by atoms with Gasteiger partial charge < -0.3 is 26.8 Å². The average molecular weight is 630 g/mol. The van der Waals surface area contributed by atoms with Gasteiger partial charge in [-0.3, -0.25) is 14.4 Å². The summed E-state index contributed by atoms with van der Waals surface area (Å²) in [5.74, 6) is -2.49. The number of amides is 3. The van der Waals surface area contributed by atoms with Crippen molar-refractivity contribution in [1.29, 1.82) is 0 Å². The first-order valence-corrected chi connectivity index (χ1v) is 16.4. The number of hydrogen-bond acceptors (Lipinski definition) is 8. The summed E-state index contributed by atoms with van der Waals surface area (Å²) in [4.78, 5) is 42.3. The predicted molar refractivity (Wildman–Crippen MR) is 168 cm³/mol. The van der Waals surface area contributed by atoms with Crippen molar-refractivity contribution in [3.8, 4) is 0 Å². The van der Waals surface area contributed by atoms with Crippen molar-refractivity contribution in [1.82, 2.24) is 16.0 Å². The lowest BCUT2D eigenvalue weighted by Gasteiger charge is -2.27. The van der Waals surface area contributed by atoms with Crippen LogP contribution in [0.1, 0.15) is 43.9 Å². The van der Waals surface area contributed by atoms with Crippen molar-refractivity contribution in [2.45, 2.75) is 76.8 Å². The number of nitrogens with zero attached hydrogens (tertiary/aromatic N) is 3. The molecule has 0 aliphatic rings. The van der Waals surface area contributed by atoms with Crippen LogP contribution in [0, 0.1) is 5.92 Å². The molecular weight excluding hydrogens is 586 g/mol. The summed E-state index contributed by atoms with van der Waals surface area (Å²) >= 11 is 0. The van der Waals surface area contributed by atoms with E-state index in [1.165, 1.54) is 6.92 Å². The fourth-order valence-electron chi connectivity index (χ4n) is 4.52. The highest BCUT2D eigenvalue weighted by atomic mass is 32.2. The highest BCUT2D eigenvalue weighted by Crippen LogP contribution is 2.12. The van der Waals surface area contributed by atoms with Crippen molar-refractivity contribution in [3.63, 3.8) is 0 Å². The van der Waals surface area contributed by atoms with Gasteiger partial charge in [-0.25, -0.2) is 8.42 Å². The monoisotopic (exact) mass is 629 g/mol. The molecule has 0 radical (unpaired) electrons. The first-order valence-electron chi connectivity index (χ1n) is 14.3. The maximum absolute atomic E-state index is 13.3. The second kappa shape index (κ2) is 17.4. The Kier molecular flexibility index (Phi) is 14.3. The Hall–Kier alpha value is -3.97. The van der Waals surface area contributed by atoms with Gasteiger partial charge in [0, 0.05) is 17.7 Å². The van der Waals surface area contributed by atoms with Gasteiger partial charge in [0.05, 0.1) is 17.9 Å². The second-order valence-corrected chi connectivity index (χ2v) is 13.5. The van der Waals surface area contributed by atoms with Crippen LogP contribution in [0.2, 0.25) is 0 Å². The minimum absolute atomic E-state index is 0.0107. The molecule has 14 heteroatoms. The van der Waals surface area contributed by atoms with E-state index in [0.29, 0.717) is 6.54 Å². The Labute approximate surface area is 258 Å². The van der Waals surface area contributed by atoms with Crippen LogP contribution in [-0.4, -0.2) is 73.5 Å².